The SMILES string of the molecule is COc1cccc(C(=O)Oc2ccc(C=C(C#N)C(=O)Nc3nc(S(=O)(=O)C(C)C)ns3)cc2OC)c1. The van der Waals surface area contributed by atoms with Gasteiger partial charge in [0.15, 0.2) is 11.5 Å². The lowest BCUT2D eigenvalue weighted by atomic mass is 10.1. The lowest BCUT2D eigenvalue weighted by molar-refractivity contribution is -0.112. The van der Waals surface area contributed by atoms with Gasteiger partial charge >= 0.3 is 5.97 Å². The summed E-state index contributed by atoms with van der Waals surface area (Å²) >= 11 is 0.685. The van der Waals surface area contributed by atoms with Gasteiger partial charge in [0, 0.05) is 11.5 Å². The predicted molar refractivity (Wildman–Crippen MR) is 135 cm³/mol. The number of carbonyl (C=O) groups is 2. The van der Waals surface area contributed by atoms with Gasteiger partial charge in [-0.05, 0) is 55.8 Å². The van der Waals surface area contributed by atoms with Gasteiger partial charge < -0.3 is 14.2 Å². The van der Waals surface area contributed by atoms with Crippen LogP contribution in [0.3, 0.4) is 0 Å². The van der Waals surface area contributed by atoms with Gasteiger partial charge in [0.05, 0.1) is 25.0 Å². The molecule has 0 radical (unpaired) electrons. The van der Waals surface area contributed by atoms with Crippen LogP contribution < -0.4 is 19.5 Å². The van der Waals surface area contributed by atoms with Crippen LogP contribution in [0.15, 0.2) is 53.2 Å². The first-order valence-electron chi connectivity index (χ1n) is 10.6. The second-order valence-electron chi connectivity index (χ2n) is 7.63. The van der Waals surface area contributed by atoms with Crippen LogP contribution in [0.25, 0.3) is 6.08 Å². The summed E-state index contributed by atoms with van der Waals surface area (Å²) in [5.74, 6) is -0.623. The molecule has 0 saturated carbocycles. The van der Waals surface area contributed by atoms with E-state index in [1.165, 1.54) is 58.4 Å². The molecular weight excluding hydrogens is 520 g/mol. The molecule has 13 heteroatoms. The summed E-state index contributed by atoms with van der Waals surface area (Å²) in [6.07, 6.45) is 1.29. The van der Waals surface area contributed by atoms with Gasteiger partial charge in [0.2, 0.25) is 15.0 Å². The highest BCUT2D eigenvalue weighted by Crippen LogP contribution is 2.30. The minimum Gasteiger partial charge on any atom is -0.497 e. The van der Waals surface area contributed by atoms with Crippen molar-refractivity contribution in [1.29, 1.82) is 5.26 Å². The van der Waals surface area contributed by atoms with E-state index in [9.17, 15) is 23.3 Å². The molecule has 11 nitrogen and oxygen atoms in total. The first kappa shape index (κ1) is 27.3. The molecule has 3 rings (SSSR count). The average molecular weight is 543 g/mol. The molecule has 1 heterocycles. The molecule has 0 aliphatic heterocycles. The van der Waals surface area contributed by atoms with E-state index >= 15 is 0 Å². The number of ether oxygens (including phenoxy) is 3. The number of rotatable bonds is 9. The van der Waals surface area contributed by atoms with Crippen molar-refractivity contribution in [3.05, 3.63) is 59.2 Å². The van der Waals surface area contributed by atoms with Crippen molar-refractivity contribution in [2.75, 3.05) is 19.5 Å². The lowest BCUT2D eigenvalue weighted by Gasteiger charge is -2.11. The van der Waals surface area contributed by atoms with Crippen LogP contribution in [0.5, 0.6) is 17.2 Å². The summed E-state index contributed by atoms with van der Waals surface area (Å²) in [6.45, 7) is 2.98. The quantitative estimate of drug-likeness (QED) is 0.184. The van der Waals surface area contributed by atoms with E-state index in [1.54, 1.807) is 24.3 Å². The highest BCUT2D eigenvalue weighted by molar-refractivity contribution is 7.91. The molecule has 0 spiro atoms. The first-order chi connectivity index (χ1) is 17.6. The number of nitrogens with one attached hydrogen (secondary N) is 1. The number of sulfone groups is 1. The Balaban J connectivity index is 1.78. The van der Waals surface area contributed by atoms with Crippen LogP contribution in [-0.4, -0.2) is 49.1 Å². The largest absolute Gasteiger partial charge is 0.497 e. The minimum absolute atomic E-state index is 0.0669. The van der Waals surface area contributed by atoms with E-state index in [-0.39, 0.29) is 27.8 Å². The monoisotopic (exact) mass is 542 g/mol. The molecule has 37 heavy (non-hydrogen) atoms. The molecule has 0 unspecified atom stereocenters. The van der Waals surface area contributed by atoms with Crippen LogP contribution >= 0.6 is 11.5 Å². The fourth-order valence-electron chi connectivity index (χ4n) is 2.83. The van der Waals surface area contributed by atoms with Crippen molar-refractivity contribution in [2.45, 2.75) is 24.3 Å². The minimum atomic E-state index is -3.71. The zero-order chi connectivity index (χ0) is 27.2. The Bertz CT molecular complexity index is 1510. The van der Waals surface area contributed by atoms with Crippen molar-refractivity contribution in [3.63, 3.8) is 0 Å². The summed E-state index contributed by atoms with van der Waals surface area (Å²) in [4.78, 5) is 29.0. The fourth-order valence-corrected chi connectivity index (χ4v) is 4.53. The van der Waals surface area contributed by atoms with Gasteiger partial charge in [-0.1, -0.05) is 12.1 Å². The average Bonchev–Trinajstić information content (AvgIpc) is 3.37. The maximum absolute atomic E-state index is 12.6. The number of hydrogen-bond acceptors (Lipinski definition) is 11. The fraction of sp³-hybridized carbons (Fsp3) is 0.208. The Morgan fingerprint density at radius 2 is 1.86 bits per heavy atom. The number of aromatic nitrogens is 2. The van der Waals surface area contributed by atoms with Gasteiger partial charge in [-0.3, -0.25) is 10.1 Å². The molecule has 1 aromatic heterocycles. The molecule has 3 aromatic rings. The third-order valence-electron chi connectivity index (χ3n) is 4.87. The van der Waals surface area contributed by atoms with Gasteiger partial charge in [0.1, 0.15) is 17.4 Å². The van der Waals surface area contributed by atoms with Crippen LogP contribution in [0, 0.1) is 11.3 Å². The molecule has 1 N–H and O–H groups in total. The number of nitriles is 1. The Labute approximate surface area is 217 Å². The number of benzene rings is 2. The van der Waals surface area contributed by atoms with E-state index in [2.05, 4.69) is 14.7 Å². The molecule has 0 aliphatic carbocycles. The molecule has 0 aliphatic rings. The van der Waals surface area contributed by atoms with Gasteiger partial charge in [0.25, 0.3) is 11.1 Å². The van der Waals surface area contributed by atoms with Gasteiger partial charge in [-0.2, -0.15) is 14.6 Å². The maximum Gasteiger partial charge on any atom is 0.343 e. The van der Waals surface area contributed by atoms with Crippen molar-refractivity contribution in [2.24, 2.45) is 0 Å². The van der Waals surface area contributed by atoms with Crippen LogP contribution in [0.4, 0.5) is 5.13 Å². The number of hydrogen-bond donors (Lipinski definition) is 1. The highest BCUT2D eigenvalue weighted by Gasteiger charge is 2.25. The van der Waals surface area contributed by atoms with Gasteiger partial charge in [-0.15, -0.1) is 0 Å². The van der Waals surface area contributed by atoms with Crippen LogP contribution in [0.1, 0.15) is 29.8 Å². The Morgan fingerprint density at radius 3 is 2.51 bits per heavy atom. The van der Waals surface area contributed by atoms with Gasteiger partial charge in [-0.25, -0.2) is 13.2 Å². The summed E-state index contributed by atoms with van der Waals surface area (Å²) in [6, 6.07) is 12.7. The number of esters is 1. The van der Waals surface area contributed by atoms with Crippen molar-refractivity contribution >= 4 is 44.5 Å². The number of amides is 1. The second-order valence-corrected chi connectivity index (χ2v) is 10.8. The van der Waals surface area contributed by atoms with Crippen molar-refractivity contribution in [3.8, 4) is 23.3 Å². The Kier molecular flexibility index (Phi) is 8.59. The molecule has 192 valence electrons. The number of anilines is 1. The van der Waals surface area contributed by atoms with Crippen molar-refractivity contribution < 1.29 is 32.2 Å². The predicted octanol–water partition coefficient (Wildman–Crippen LogP) is 3.50. The molecule has 0 atom stereocenters. The first-order valence-corrected chi connectivity index (χ1v) is 13.0. The molecular formula is C24H22N4O7S2. The topological polar surface area (TPSA) is 158 Å². The lowest BCUT2D eigenvalue weighted by Crippen LogP contribution is -2.16. The van der Waals surface area contributed by atoms with E-state index < -0.39 is 32.1 Å². The normalized spacial score (nSPS) is 11.5. The third-order valence-corrected chi connectivity index (χ3v) is 7.55. The molecule has 1 amide bonds. The summed E-state index contributed by atoms with van der Waals surface area (Å²) in [5.41, 5.74) is 0.395. The van der Waals surface area contributed by atoms with Crippen LogP contribution in [0.2, 0.25) is 0 Å². The summed E-state index contributed by atoms with van der Waals surface area (Å²) < 4.78 is 44.0. The standard InChI is InChI=1S/C24H22N4O7S2/c1-14(2)37(31,32)24-27-23(36-28-24)26-21(29)17(13-25)10-15-8-9-19(20(11-15)34-4)35-22(30)16-6-5-7-18(12-16)33-3/h5-12,14H,1-4H3,(H,26,27,28,29). The molecule has 0 bridgehead atoms. The van der Waals surface area contributed by atoms with E-state index in [0.717, 1.165) is 0 Å². The zero-order valence-electron chi connectivity index (χ0n) is 20.2. The van der Waals surface area contributed by atoms with E-state index in [0.29, 0.717) is 22.8 Å². The van der Waals surface area contributed by atoms with Crippen molar-refractivity contribution in [1.82, 2.24) is 9.36 Å². The number of nitrogens with zero attached hydrogens (tertiary/aromatic N) is 3. The number of methoxy groups -OCH3 is 2. The molecule has 0 fully saturated rings. The maximum atomic E-state index is 12.6. The second kappa shape index (κ2) is 11.6. The number of carbonyl (C=O) groups excluding carboxylic acids is 2. The van der Waals surface area contributed by atoms with E-state index in [4.69, 9.17) is 14.2 Å². The zero-order valence-corrected chi connectivity index (χ0v) is 21.8. The summed E-state index contributed by atoms with van der Waals surface area (Å²) in [7, 11) is -0.846. The Hall–Kier alpha value is -4.28. The summed E-state index contributed by atoms with van der Waals surface area (Å²) in [5, 5.41) is 10.7. The third kappa shape index (κ3) is 6.49. The smallest absolute Gasteiger partial charge is 0.343 e. The Morgan fingerprint density at radius 1 is 1.11 bits per heavy atom. The molecule has 2 aromatic carbocycles. The molecule has 0 saturated heterocycles. The van der Waals surface area contributed by atoms with Crippen LogP contribution in [-0.2, 0) is 14.6 Å². The van der Waals surface area contributed by atoms with E-state index in [1.807, 2.05) is 0 Å². The highest BCUT2D eigenvalue weighted by atomic mass is 32.2.